The molecule has 1 heterocycles. The molecule has 1 aromatic heterocycles. The first-order chi connectivity index (χ1) is 10.1. The van der Waals surface area contributed by atoms with Crippen molar-refractivity contribution in [2.24, 2.45) is 0 Å². The van der Waals surface area contributed by atoms with Crippen LogP contribution in [0.1, 0.15) is 18.5 Å². The first kappa shape index (κ1) is 13.5. The molecule has 1 N–H and O–H groups in total. The zero-order chi connectivity index (χ0) is 14.8. The quantitative estimate of drug-likeness (QED) is 0.573. The number of fused-ring (bicyclic) bond motifs is 1. The van der Waals surface area contributed by atoms with Gasteiger partial charge in [0.05, 0.1) is 20.7 Å². The maximum Gasteiger partial charge on any atom is 0.269 e. The molecule has 1 unspecified atom stereocenters. The van der Waals surface area contributed by atoms with E-state index in [0.717, 1.165) is 21.5 Å². The first-order valence-electron chi connectivity index (χ1n) is 6.47. The van der Waals surface area contributed by atoms with Crippen LogP contribution in [0.25, 0.3) is 10.2 Å². The van der Waals surface area contributed by atoms with Gasteiger partial charge in [0.15, 0.2) is 0 Å². The second-order valence-electron chi connectivity index (χ2n) is 4.75. The van der Waals surface area contributed by atoms with Gasteiger partial charge in [0.25, 0.3) is 5.69 Å². The predicted molar refractivity (Wildman–Crippen MR) is 84.8 cm³/mol. The number of nitro groups is 1. The molecule has 0 radical (unpaired) electrons. The van der Waals surface area contributed by atoms with Crippen LogP contribution < -0.4 is 5.32 Å². The summed E-state index contributed by atoms with van der Waals surface area (Å²) in [5.41, 5.74) is 4.95. The largest absolute Gasteiger partial charge is 0.378 e. The van der Waals surface area contributed by atoms with Gasteiger partial charge in [-0.2, -0.15) is 0 Å². The lowest BCUT2D eigenvalue weighted by Gasteiger charge is -2.15. The fourth-order valence-corrected chi connectivity index (χ4v) is 2.88. The molecule has 21 heavy (non-hydrogen) atoms. The summed E-state index contributed by atoms with van der Waals surface area (Å²) < 4.78 is 1.14. The van der Waals surface area contributed by atoms with Gasteiger partial charge >= 0.3 is 0 Å². The Morgan fingerprint density at radius 1 is 1.24 bits per heavy atom. The van der Waals surface area contributed by atoms with Crippen LogP contribution in [0.3, 0.4) is 0 Å². The highest BCUT2D eigenvalue weighted by atomic mass is 32.1. The molecular weight excluding hydrogens is 286 g/mol. The topological polar surface area (TPSA) is 68.1 Å². The maximum absolute atomic E-state index is 10.7. The smallest absolute Gasteiger partial charge is 0.269 e. The lowest BCUT2D eigenvalue weighted by Crippen LogP contribution is -2.06. The van der Waals surface area contributed by atoms with Crippen molar-refractivity contribution in [1.82, 2.24) is 4.98 Å². The van der Waals surface area contributed by atoms with Crippen molar-refractivity contribution in [3.8, 4) is 0 Å². The van der Waals surface area contributed by atoms with Gasteiger partial charge in [-0.25, -0.2) is 4.98 Å². The Kier molecular flexibility index (Phi) is 3.53. The van der Waals surface area contributed by atoms with Crippen molar-refractivity contribution in [3.05, 3.63) is 63.7 Å². The molecule has 0 aliphatic heterocycles. The van der Waals surface area contributed by atoms with Gasteiger partial charge in [0, 0.05) is 23.9 Å². The summed E-state index contributed by atoms with van der Waals surface area (Å²) in [6.45, 7) is 2.03. The number of benzene rings is 2. The molecule has 6 heteroatoms. The van der Waals surface area contributed by atoms with E-state index >= 15 is 0 Å². The van der Waals surface area contributed by atoms with E-state index in [0.29, 0.717) is 0 Å². The third-order valence-electron chi connectivity index (χ3n) is 3.32. The van der Waals surface area contributed by atoms with Crippen molar-refractivity contribution >= 4 is 32.9 Å². The van der Waals surface area contributed by atoms with Crippen LogP contribution in [-0.2, 0) is 0 Å². The summed E-state index contributed by atoms with van der Waals surface area (Å²) in [6, 6.07) is 12.7. The molecule has 0 amide bonds. The zero-order valence-corrected chi connectivity index (χ0v) is 12.1. The van der Waals surface area contributed by atoms with Gasteiger partial charge in [-0.15, -0.1) is 11.3 Å². The van der Waals surface area contributed by atoms with Crippen molar-refractivity contribution < 1.29 is 4.92 Å². The van der Waals surface area contributed by atoms with E-state index in [1.807, 2.05) is 24.6 Å². The molecule has 2 aromatic carbocycles. The molecule has 1 atom stereocenters. The van der Waals surface area contributed by atoms with Crippen LogP contribution in [0.2, 0.25) is 0 Å². The van der Waals surface area contributed by atoms with E-state index < -0.39 is 0 Å². The monoisotopic (exact) mass is 299 g/mol. The minimum Gasteiger partial charge on any atom is -0.378 e. The molecule has 3 rings (SSSR count). The summed E-state index contributed by atoms with van der Waals surface area (Å²) in [6.07, 6.45) is 0. The second-order valence-corrected chi connectivity index (χ2v) is 5.64. The van der Waals surface area contributed by atoms with Crippen LogP contribution >= 0.6 is 11.3 Å². The average Bonchev–Trinajstić information content (AvgIpc) is 2.95. The summed E-state index contributed by atoms with van der Waals surface area (Å²) in [5, 5.41) is 14.1. The van der Waals surface area contributed by atoms with Crippen LogP contribution in [0.5, 0.6) is 0 Å². The lowest BCUT2D eigenvalue weighted by atomic mass is 10.1. The molecule has 3 aromatic rings. The van der Waals surface area contributed by atoms with Gasteiger partial charge in [-0.3, -0.25) is 10.1 Å². The van der Waals surface area contributed by atoms with Crippen molar-refractivity contribution in [3.63, 3.8) is 0 Å². The number of anilines is 1. The minimum atomic E-state index is -0.389. The Morgan fingerprint density at radius 3 is 2.71 bits per heavy atom. The third-order valence-corrected chi connectivity index (χ3v) is 4.11. The highest BCUT2D eigenvalue weighted by molar-refractivity contribution is 7.16. The number of hydrogen-bond acceptors (Lipinski definition) is 5. The molecule has 5 nitrogen and oxygen atoms in total. The van der Waals surface area contributed by atoms with E-state index in [-0.39, 0.29) is 16.7 Å². The van der Waals surface area contributed by atoms with E-state index in [1.165, 1.54) is 12.1 Å². The predicted octanol–water partition coefficient (Wildman–Crippen LogP) is 4.38. The van der Waals surface area contributed by atoms with E-state index in [9.17, 15) is 10.1 Å². The van der Waals surface area contributed by atoms with Crippen molar-refractivity contribution in [2.75, 3.05) is 5.32 Å². The van der Waals surface area contributed by atoms with Crippen molar-refractivity contribution in [1.29, 1.82) is 0 Å². The fourth-order valence-electron chi connectivity index (χ4n) is 2.16. The Bertz CT molecular complexity index is 783. The third kappa shape index (κ3) is 2.85. The standard InChI is InChI=1S/C15H13N3O2S/c1-10(11-2-5-13(6-3-11)18(19)20)17-12-4-7-14-15(8-12)21-9-16-14/h2-10,17H,1H3. The number of nitro benzene ring substituents is 1. The Labute approximate surface area is 125 Å². The number of non-ortho nitro benzene ring substituents is 1. The van der Waals surface area contributed by atoms with Crippen LogP contribution in [0, 0.1) is 10.1 Å². The summed E-state index contributed by atoms with van der Waals surface area (Å²) in [7, 11) is 0. The van der Waals surface area contributed by atoms with Gasteiger partial charge < -0.3 is 5.32 Å². The zero-order valence-electron chi connectivity index (χ0n) is 11.3. The molecule has 0 fully saturated rings. The highest BCUT2D eigenvalue weighted by Gasteiger charge is 2.09. The van der Waals surface area contributed by atoms with E-state index in [2.05, 4.69) is 16.4 Å². The summed E-state index contributed by atoms with van der Waals surface area (Å²) >= 11 is 1.60. The Balaban J connectivity index is 1.78. The van der Waals surface area contributed by atoms with Gasteiger partial charge in [0.2, 0.25) is 0 Å². The van der Waals surface area contributed by atoms with Gasteiger partial charge in [-0.1, -0.05) is 12.1 Å². The number of aromatic nitrogens is 1. The Hall–Kier alpha value is -2.47. The first-order valence-corrected chi connectivity index (χ1v) is 7.35. The average molecular weight is 299 g/mol. The van der Waals surface area contributed by atoms with E-state index in [1.54, 1.807) is 23.5 Å². The lowest BCUT2D eigenvalue weighted by molar-refractivity contribution is -0.384. The van der Waals surface area contributed by atoms with Crippen LogP contribution in [-0.4, -0.2) is 9.91 Å². The molecule has 0 spiro atoms. The van der Waals surface area contributed by atoms with Gasteiger partial charge in [-0.05, 0) is 30.7 Å². The fraction of sp³-hybridized carbons (Fsp3) is 0.133. The number of hydrogen-bond donors (Lipinski definition) is 1. The number of nitrogens with one attached hydrogen (secondary N) is 1. The second kappa shape index (κ2) is 5.49. The summed E-state index contributed by atoms with van der Waals surface area (Å²) in [5.74, 6) is 0. The molecule has 0 saturated carbocycles. The summed E-state index contributed by atoms with van der Waals surface area (Å²) in [4.78, 5) is 14.5. The molecule has 0 bridgehead atoms. The van der Waals surface area contributed by atoms with Gasteiger partial charge in [0.1, 0.15) is 0 Å². The van der Waals surface area contributed by atoms with E-state index in [4.69, 9.17) is 0 Å². The minimum absolute atomic E-state index is 0.0659. The normalized spacial score (nSPS) is 12.2. The highest BCUT2D eigenvalue weighted by Crippen LogP contribution is 2.25. The molecule has 0 aliphatic rings. The molecule has 106 valence electrons. The Morgan fingerprint density at radius 2 is 2.00 bits per heavy atom. The van der Waals surface area contributed by atoms with Crippen LogP contribution in [0.4, 0.5) is 11.4 Å². The molecule has 0 saturated heterocycles. The number of nitrogens with zero attached hydrogens (tertiary/aromatic N) is 2. The SMILES string of the molecule is CC(Nc1ccc2ncsc2c1)c1ccc([N+](=O)[O-])cc1. The number of rotatable bonds is 4. The van der Waals surface area contributed by atoms with Crippen molar-refractivity contribution in [2.45, 2.75) is 13.0 Å². The molecule has 0 aliphatic carbocycles. The number of thiazole rings is 1. The van der Waals surface area contributed by atoms with Crippen LogP contribution in [0.15, 0.2) is 48.0 Å². The molecular formula is C15H13N3O2S. The maximum atomic E-state index is 10.7.